The Labute approximate surface area is 207 Å². The third-order valence-corrected chi connectivity index (χ3v) is 6.90. The zero-order chi connectivity index (χ0) is 24.2. The van der Waals surface area contributed by atoms with Crippen molar-refractivity contribution in [2.75, 3.05) is 26.0 Å². The van der Waals surface area contributed by atoms with Crippen molar-refractivity contribution in [3.8, 4) is 5.75 Å². The van der Waals surface area contributed by atoms with E-state index in [2.05, 4.69) is 10.3 Å². The third kappa shape index (κ3) is 6.60. The van der Waals surface area contributed by atoms with Crippen LogP contribution in [-0.2, 0) is 6.54 Å². The number of benzene rings is 2. The van der Waals surface area contributed by atoms with Gasteiger partial charge in [-0.05, 0) is 103 Å². The highest BCUT2D eigenvalue weighted by Gasteiger charge is 2.30. The second-order valence-electron chi connectivity index (χ2n) is 8.85. The molecule has 1 saturated heterocycles. The van der Waals surface area contributed by atoms with Gasteiger partial charge in [0.2, 0.25) is 0 Å². The van der Waals surface area contributed by atoms with Gasteiger partial charge in [-0.2, -0.15) is 0 Å². The lowest BCUT2D eigenvalue weighted by Gasteiger charge is -2.32. The Morgan fingerprint density at radius 1 is 1.21 bits per heavy atom. The first kappa shape index (κ1) is 25.2. The summed E-state index contributed by atoms with van der Waals surface area (Å²) >= 11 is 6.85. The van der Waals surface area contributed by atoms with Gasteiger partial charge in [0.15, 0.2) is 0 Å². The minimum Gasteiger partial charge on any atom is -0.493 e. The topological polar surface area (TPSA) is 65.0 Å². The molecule has 1 saturated carbocycles. The van der Waals surface area contributed by atoms with Crippen molar-refractivity contribution >= 4 is 29.5 Å². The number of piperidine rings is 1. The normalized spacial score (nSPS) is 17.2. The van der Waals surface area contributed by atoms with Crippen LogP contribution in [0.25, 0.3) is 0 Å². The van der Waals surface area contributed by atoms with Crippen molar-refractivity contribution in [3.05, 3.63) is 63.7 Å². The van der Waals surface area contributed by atoms with Crippen LogP contribution in [0.15, 0.2) is 30.3 Å². The lowest BCUT2D eigenvalue weighted by molar-refractivity contribution is -0.0242. The quantitative estimate of drug-likeness (QED) is 0.347. The molecule has 1 aliphatic heterocycles. The smallest absolute Gasteiger partial charge is 0.271 e. The summed E-state index contributed by atoms with van der Waals surface area (Å²) < 4.78 is 34.9. The molecule has 0 spiro atoms. The average molecular weight is 512 g/mol. The summed E-state index contributed by atoms with van der Waals surface area (Å²) in [5, 5.41) is 9.87. The molecule has 6 nitrogen and oxygen atoms in total. The van der Waals surface area contributed by atoms with Gasteiger partial charge in [0.25, 0.3) is 5.91 Å². The van der Waals surface area contributed by atoms with Crippen LogP contribution < -0.4 is 10.2 Å². The molecule has 10 heteroatoms. The zero-order valence-electron chi connectivity index (χ0n) is 18.9. The first-order chi connectivity index (χ1) is 16.3. The van der Waals surface area contributed by atoms with E-state index in [0.717, 1.165) is 61.8 Å². The van der Waals surface area contributed by atoms with Gasteiger partial charge in [-0.25, -0.2) is 8.78 Å². The van der Waals surface area contributed by atoms with Crippen LogP contribution in [0.2, 0.25) is 5.02 Å². The number of carbonyl (C=O) groups excluding carboxylic acids is 1. The summed E-state index contributed by atoms with van der Waals surface area (Å²) in [6, 6.07) is 7.43. The summed E-state index contributed by atoms with van der Waals surface area (Å²) in [5.74, 6) is -0.655. The van der Waals surface area contributed by atoms with Crippen LogP contribution in [0.3, 0.4) is 0 Å². The summed E-state index contributed by atoms with van der Waals surface area (Å²) in [7, 11) is 0. The van der Waals surface area contributed by atoms with Crippen LogP contribution in [0.5, 0.6) is 5.75 Å². The molecule has 0 atom stereocenters. The Balaban J connectivity index is 1.34. The molecule has 0 bridgehead atoms. The minimum atomic E-state index is -0.713. The van der Waals surface area contributed by atoms with Crippen LogP contribution in [0, 0.1) is 17.6 Å². The average Bonchev–Trinajstić information content (AvgIpc) is 3.63. The maximum atomic E-state index is 14.7. The molecule has 2 N–H and O–H groups in total. The van der Waals surface area contributed by atoms with Gasteiger partial charge in [-0.3, -0.25) is 20.3 Å². The van der Waals surface area contributed by atoms with Gasteiger partial charge in [0.05, 0.1) is 12.2 Å². The Morgan fingerprint density at radius 2 is 1.94 bits per heavy atom. The predicted octanol–water partition coefficient (Wildman–Crippen LogP) is 5.40. The lowest BCUT2D eigenvalue weighted by atomic mass is 9.97. The molecular weight excluding hydrogens is 484 g/mol. The molecule has 1 aliphatic carbocycles. The van der Waals surface area contributed by atoms with Gasteiger partial charge in [0.1, 0.15) is 17.4 Å². The molecule has 0 aromatic heterocycles. The first-order valence-corrected chi connectivity index (χ1v) is 12.9. The largest absolute Gasteiger partial charge is 0.493 e. The number of likely N-dealkylation sites (tertiary alicyclic amines) is 1. The van der Waals surface area contributed by atoms with Crippen LogP contribution in [0.4, 0.5) is 8.78 Å². The van der Waals surface area contributed by atoms with Gasteiger partial charge in [-0.15, -0.1) is 0 Å². The third-order valence-electron chi connectivity index (χ3n) is 6.24. The molecule has 2 fully saturated rings. The summed E-state index contributed by atoms with van der Waals surface area (Å²) in [5.41, 5.74) is 3.78. The molecule has 1 amide bonds. The maximum Gasteiger partial charge on any atom is 0.271 e. The van der Waals surface area contributed by atoms with Crippen molar-refractivity contribution in [1.29, 1.82) is 0 Å². The monoisotopic (exact) mass is 511 g/mol. The number of hydrogen-bond donors (Lipinski definition) is 2. The van der Waals surface area contributed by atoms with Crippen molar-refractivity contribution in [1.82, 2.24) is 14.9 Å². The SMILES string of the molecule is CSN(O)NC(=O)c1cc(C2CC2)c(OCC2CCN(Cc3cc(F)cc(Cl)c3)CC2)cc1F. The molecule has 34 heavy (non-hydrogen) atoms. The van der Waals surface area contributed by atoms with E-state index in [1.54, 1.807) is 18.4 Å². The number of amides is 1. The van der Waals surface area contributed by atoms with E-state index in [-0.39, 0.29) is 17.3 Å². The van der Waals surface area contributed by atoms with E-state index in [4.69, 9.17) is 16.3 Å². The Hall–Kier alpha value is -1.91. The fourth-order valence-electron chi connectivity index (χ4n) is 4.26. The van der Waals surface area contributed by atoms with E-state index in [1.165, 1.54) is 18.2 Å². The number of carbonyl (C=O) groups is 1. The molecular formula is C24H28ClF2N3O3S. The molecule has 2 aliphatic rings. The second kappa shape index (κ2) is 11.2. The van der Waals surface area contributed by atoms with E-state index < -0.39 is 11.7 Å². The molecule has 2 aromatic rings. The Kier molecular flexibility index (Phi) is 8.31. The Morgan fingerprint density at radius 3 is 2.59 bits per heavy atom. The number of nitrogens with one attached hydrogen (secondary N) is 1. The number of halogens is 3. The van der Waals surface area contributed by atoms with E-state index in [9.17, 15) is 18.8 Å². The van der Waals surface area contributed by atoms with E-state index >= 15 is 0 Å². The first-order valence-electron chi connectivity index (χ1n) is 11.3. The van der Waals surface area contributed by atoms with Gasteiger partial charge in [-0.1, -0.05) is 11.6 Å². The molecule has 2 aromatic carbocycles. The lowest BCUT2D eigenvalue weighted by Crippen LogP contribution is -2.35. The predicted molar refractivity (Wildman–Crippen MR) is 128 cm³/mol. The van der Waals surface area contributed by atoms with Gasteiger partial charge in [0, 0.05) is 23.9 Å². The highest BCUT2D eigenvalue weighted by atomic mass is 35.5. The summed E-state index contributed by atoms with van der Waals surface area (Å²) in [6.45, 7) is 2.84. The summed E-state index contributed by atoms with van der Waals surface area (Å²) in [6.07, 6.45) is 5.37. The minimum absolute atomic E-state index is 0.117. The molecule has 4 rings (SSSR count). The van der Waals surface area contributed by atoms with Crippen LogP contribution in [-0.4, -0.2) is 46.5 Å². The highest BCUT2D eigenvalue weighted by molar-refractivity contribution is 7.96. The van der Waals surface area contributed by atoms with E-state index in [1.807, 2.05) is 0 Å². The van der Waals surface area contributed by atoms with E-state index in [0.29, 0.717) is 34.4 Å². The van der Waals surface area contributed by atoms with Gasteiger partial charge < -0.3 is 4.74 Å². The maximum absolute atomic E-state index is 14.7. The number of hydrogen-bond acceptors (Lipinski definition) is 6. The second-order valence-corrected chi connectivity index (χ2v) is 10.00. The fraction of sp³-hybridized carbons (Fsp3) is 0.458. The molecule has 1 heterocycles. The Bertz CT molecular complexity index is 1010. The number of rotatable bonds is 9. The van der Waals surface area contributed by atoms with Crippen LogP contribution >= 0.6 is 23.5 Å². The van der Waals surface area contributed by atoms with Crippen molar-refractivity contribution in [2.45, 2.75) is 38.1 Å². The highest BCUT2D eigenvalue weighted by Crippen LogP contribution is 2.45. The summed E-state index contributed by atoms with van der Waals surface area (Å²) in [4.78, 5) is 14.6. The fourth-order valence-corrected chi connectivity index (χ4v) is 4.67. The van der Waals surface area contributed by atoms with Gasteiger partial charge >= 0.3 is 0 Å². The molecule has 0 radical (unpaired) electrons. The standard InChI is InChI=1S/C24H28ClF2N3O3S/c1-34-30(32)28-24(31)21-11-20(17-2-3-17)23(12-22(21)27)33-14-15-4-6-29(7-5-15)13-16-8-18(25)10-19(26)9-16/h8-12,15,17,32H,2-7,13-14H2,1H3,(H,28,31). The number of nitrogens with zero attached hydrogens (tertiary/aromatic N) is 2. The van der Waals surface area contributed by atoms with Crippen LogP contribution in [0.1, 0.15) is 53.1 Å². The van der Waals surface area contributed by atoms with Crippen molar-refractivity contribution in [3.63, 3.8) is 0 Å². The van der Waals surface area contributed by atoms with Crippen molar-refractivity contribution in [2.24, 2.45) is 5.92 Å². The number of ether oxygens (including phenoxy) is 1. The molecule has 0 unspecified atom stereocenters. The number of hydrazine groups is 1. The zero-order valence-corrected chi connectivity index (χ0v) is 20.5. The molecule has 184 valence electrons. The van der Waals surface area contributed by atoms with Crippen molar-refractivity contribution < 1.29 is 23.5 Å².